The summed E-state index contributed by atoms with van der Waals surface area (Å²) in [5.74, 6) is -1.92. The van der Waals surface area contributed by atoms with Gasteiger partial charge in [-0.25, -0.2) is 4.39 Å². The van der Waals surface area contributed by atoms with Crippen molar-refractivity contribution in [1.82, 2.24) is 4.90 Å². The Hall–Kier alpha value is -1.91. The molecule has 1 atom stereocenters. The fraction of sp³-hybridized carbons (Fsp3) is 0.385. The van der Waals surface area contributed by atoms with E-state index in [1.54, 1.807) is 6.07 Å². The Morgan fingerprint density at radius 1 is 1.39 bits per heavy atom. The Morgan fingerprint density at radius 2 is 2.11 bits per heavy atom. The summed E-state index contributed by atoms with van der Waals surface area (Å²) < 4.78 is 13.5. The molecule has 1 heterocycles. The molecule has 1 aromatic rings. The summed E-state index contributed by atoms with van der Waals surface area (Å²) in [6.07, 6.45) is 1.34. The molecule has 0 radical (unpaired) electrons. The summed E-state index contributed by atoms with van der Waals surface area (Å²) in [7, 11) is 0. The SMILES string of the molecule is O=C(O)CC1CCCN1C(=O)c1ccccc1F. The highest BCUT2D eigenvalue weighted by Gasteiger charge is 2.31. The fourth-order valence-electron chi connectivity index (χ4n) is 2.31. The monoisotopic (exact) mass is 251 g/mol. The van der Waals surface area contributed by atoms with Crippen LogP contribution in [0.3, 0.4) is 0 Å². The van der Waals surface area contributed by atoms with Crippen molar-refractivity contribution < 1.29 is 19.1 Å². The van der Waals surface area contributed by atoms with Crippen molar-refractivity contribution in [3.05, 3.63) is 35.6 Å². The molecule has 0 saturated carbocycles. The summed E-state index contributed by atoms with van der Waals surface area (Å²) in [6.45, 7) is 0.491. The number of carboxylic acid groups (broad SMARTS) is 1. The van der Waals surface area contributed by atoms with Gasteiger partial charge in [0.2, 0.25) is 0 Å². The Bertz CT molecular complexity index is 475. The third kappa shape index (κ3) is 2.50. The van der Waals surface area contributed by atoms with Gasteiger partial charge in [-0.2, -0.15) is 0 Å². The molecule has 1 N–H and O–H groups in total. The molecule has 1 aliphatic rings. The van der Waals surface area contributed by atoms with Crippen LogP contribution in [0.5, 0.6) is 0 Å². The molecule has 1 saturated heterocycles. The van der Waals surface area contributed by atoms with Gasteiger partial charge in [0.1, 0.15) is 5.82 Å². The molecule has 0 aliphatic carbocycles. The lowest BCUT2D eigenvalue weighted by Crippen LogP contribution is -2.37. The van der Waals surface area contributed by atoms with E-state index in [4.69, 9.17) is 5.11 Å². The van der Waals surface area contributed by atoms with E-state index in [0.29, 0.717) is 13.0 Å². The summed E-state index contributed by atoms with van der Waals surface area (Å²) >= 11 is 0. The zero-order valence-electron chi connectivity index (χ0n) is 9.80. The zero-order valence-corrected chi connectivity index (χ0v) is 9.80. The standard InChI is InChI=1S/C13H14FNO3/c14-11-6-2-1-5-10(11)13(18)15-7-3-4-9(15)8-12(16)17/h1-2,5-6,9H,3-4,7-8H2,(H,16,17). The van der Waals surface area contributed by atoms with Crippen molar-refractivity contribution in [1.29, 1.82) is 0 Å². The van der Waals surface area contributed by atoms with Crippen molar-refractivity contribution in [3.63, 3.8) is 0 Å². The molecular formula is C13H14FNO3. The summed E-state index contributed by atoms with van der Waals surface area (Å²) in [6, 6.07) is 5.45. The first-order valence-corrected chi connectivity index (χ1v) is 5.87. The number of carbonyl (C=O) groups is 2. The average molecular weight is 251 g/mol. The van der Waals surface area contributed by atoms with E-state index in [9.17, 15) is 14.0 Å². The predicted octanol–water partition coefficient (Wildman–Crippen LogP) is 1.91. The number of aliphatic carboxylic acids is 1. The Morgan fingerprint density at radius 3 is 2.78 bits per heavy atom. The lowest BCUT2D eigenvalue weighted by molar-refractivity contribution is -0.137. The fourth-order valence-corrected chi connectivity index (χ4v) is 2.31. The molecular weight excluding hydrogens is 237 g/mol. The van der Waals surface area contributed by atoms with Crippen molar-refractivity contribution >= 4 is 11.9 Å². The number of hydrogen-bond donors (Lipinski definition) is 1. The van der Waals surface area contributed by atoms with Crippen LogP contribution in [0.25, 0.3) is 0 Å². The third-order valence-electron chi connectivity index (χ3n) is 3.15. The molecule has 1 amide bonds. The second-order valence-corrected chi connectivity index (χ2v) is 4.37. The third-order valence-corrected chi connectivity index (χ3v) is 3.15. The first-order valence-electron chi connectivity index (χ1n) is 5.87. The van der Waals surface area contributed by atoms with E-state index in [1.807, 2.05) is 0 Å². The maximum absolute atomic E-state index is 13.5. The largest absolute Gasteiger partial charge is 0.481 e. The van der Waals surface area contributed by atoms with E-state index in [1.165, 1.54) is 23.1 Å². The number of likely N-dealkylation sites (tertiary alicyclic amines) is 1. The number of nitrogens with zero attached hydrogens (tertiary/aromatic N) is 1. The van der Waals surface area contributed by atoms with Crippen LogP contribution in [0, 0.1) is 5.82 Å². The number of rotatable bonds is 3. The quantitative estimate of drug-likeness (QED) is 0.892. The molecule has 1 aromatic carbocycles. The van der Waals surface area contributed by atoms with E-state index in [0.717, 1.165) is 6.42 Å². The van der Waals surface area contributed by atoms with E-state index < -0.39 is 17.7 Å². The van der Waals surface area contributed by atoms with Gasteiger partial charge in [-0.05, 0) is 25.0 Å². The highest BCUT2D eigenvalue weighted by Crippen LogP contribution is 2.23. The van der Waals surface area contributed by atoms with Gasteiger partial charge >= 0.3 is 5.97 Å². The van der Waals surface area contributed by atoms with Crippen LogP contribution in [0.15, 0.2) is 24.3 Å². The lowest BCUT2D eigenvalue weighted by Gasteiger charge is -2.23. The number of benzene rings is 1. The highest BCUT2D eigenvalue weighted by atomic mass is 19.1. The minimum absolute atomic E-state index is 0.00906. The van der Waals surface area contributed by atoms with Gasteiger partial charge in [0.15, 0.2) is 0 Å². The van der Waals surface area contributed by atoms with Gasteiger partial charge in [-0.1, -0.05) is 12.1 Å². The smallest absolute Gasteiger partial charge is 0.305 e. The first-order chi connectivity index (χ1) is 8.59. The first kappa shape index (κ1) is 12.5. The molecule has 1 fully saturated rings. The highest BCUT2D eigenvalue weighted by molar-refractivity contribution is 5.95. The second-order valence-electron chi connectivity index (χ2n) is 4.37. The number of amides is 1. The predicted molar refractivity (Wildman–Crippen MR) is 62.7 cm³/mol. The lowest BCUT2D eigenvalue weighted by atomic mass is 10.1. The van der Waals surface area contributed by atoms with E-state index >= 15 is 0 Å². The van der Waals surface area contributed by atoms with Crippen molar-refractivity contribution in [3.8, 4) is 0 Å². The molecule has 0 bridgehead atoms. The molecule has 2 rings (SSSR count). The molecule has 96 valence electrons. The van der Waals surface area contributed by atoms with Gasteiger partial charge in [-0.15, -0.1) is 0 Å². The van der Waals surface area contributed by atoms with Crippen LogP contribution in [0.2, 0.25) is 0 Å². The topological polar surface area (TPSA) is 57.6 Å². The summed E-state index contributed by atoms with van der Waals surface area (Å²) in [5.41, 5.74) is 0.00906. The average Bonchev–Trinajstić information content (AvgIpc) is 2.76. The van der Waals surface area contributed by atoms with Crippen molar-refractivity contribution in [2.45, 2.75) is 25.3 Å². The maximum atomic E-state index is 13.5. The van der Waals surface area contributed by atoms with E-state index in [-0.39, 0.29) is 18.0 Å². The van der Waals surface area contributed by atoms with Gasteiger partial charge < -0.3 is 10.0 Å². The second kappa shape index (κ2) is 5.16. The minimum Gasteiger partial charge on any atom is -0.481 e. The Labute approximate surface area is 104 Å². The summed E-state index contributed by atoms with van der Waals surface area (Å²) in [4.78, 5) is 24.3. The summed E-state index contributed by atoms with van der Waals surface area (Å²) in [5, 5.41) is 8.79. The van der Waals surface area contributed by atoms with Gasteiger partial charge in [0.25, 0.3) is 5.91 Å². The van der Waals surface area contributed by atoms with Crippen molar-refractivity contribution in [2.75, 3.05) is 6.54 Å². The van der Waals surface area contributed by atoms with Gasteiger partial charge in [-0.3, -0.25) is 9.59 Å². The number of hydrogen-bond acceptors (Lipinski definition) is 2. The number of carboxylic acids is 1. The molecule has 5 heteroatoms. The minimum atomic E-state index is -0.937. The zero-order chi connectivity index (χ0) is 13.1. The number of carbonyl (C=O) groups excluding carboxylic acids is 1. The normalized spacial score (nSPS) is 18.9. The Kier molecular flexibility index (Phi) is 3.60. The molecule has 0 aromatic heterocycles. The molecule has 1 unspecified atom stereocenters. The molecule has 18 heavy (non-hydrogen) atoms. The van der Waals surface area contributed by atoms with Crippen LogP contribution in [-0.4, -0.2) is 34.5 Å². The van der Waals surface area contributed by atoms with Crippen LogP contribution in [0.1, 0.15) is 29.6 Å². The van der Waals surface area contributed by atoms with Crippen molar-refractivity contribution in [2.24, 2.45) is 0 Å². The van der Waals surface area contributed by atoms with Crippen LogP contribution in [-0.2, 0) is 4.79 Å². The molecule has 0 spiro atoms. The van der Waals surface area contributed by atoms with E-state index in [2.05, 4.69) is 0 Å². The molecule has 1 aliphatic heterocycles. The van der Waals surface area contributed by atoms with Gasteiger partial charge in [0, 0.05) is 12.6 Å². The van der Waals surface area contributed by atoms with Crippen LogP contribution >= 0.6 is 0 Å². The molecule has 4 nitrogen and oxygen atoms in total. The Balaban J connectivity index is 2.18. The number of halogens is 1. The van der Waals surface area contributed by atoms with Gasteiger partial charge in [0.05, 0.1) is 12.0 Å². The van der Waals surface area contributed by atoms with Crippen LogP contribution in [0.4, 0.5) is 4.39 Å². The van der Waals surface area contributed by atoms with Crippen LogP contribution < -0.4 is 0 Å². The maximum Gasteiger partial charge on any atom is 0.305 e.